The monoisotopic (exact) mass is 301 g/mol. The van der Waals surface area contributed by atoms with E-state index in [9.17, 15) is 13.2 Å². The Kier molecular flexibility index (Phi) is 3.12. The average molecular weight is 301 g/mol. The maximum atomic E-state index is 12.8. The number of nitrogens with two attached hydrogens (primary N) is 1. The van der Waals surface area contributed by atoms with Gasteiger partial charge in [-0.05, 0) is 37.3 Å². The number of piperidine rings is 1. The summed E-state index contributed by atoms with van der Waals surface area (Å²) in [5, 5.41) is 0. The molecular formula is C13H14F3N3S. The van der Waals surface area contributed by atoms with Gasteiger partial charge in [-0.15, -0.1) is 0 Å². The molecule has 2 aliphatic rings. The van der Waals surface area contributed by atoms with Gasteiger partial charge < -0.3 is 10.6 Å². The molecule has 2 fully saturated rings. The lowest BCUT2D eigenvalue weighted by Gasteiger charge is -2.30. The van der Waals surface area contributed by atoms with Crippen LogP contribution in [-0.2, 0) is 6.18 Å². The Balaban J connectivity index is 2.04. The lowest BCUT2D eigenvalue weighted by atomic mass is 10.1. The first-order valence-corrected chi connectivity index (χ1v) is 6.92. The minimum absolute atomic E-state index is 0.0870. The Bertz CT molecular complexity index is 558. The molecule has 108 valence electrons. The summed E-state index contributed by atoms with van der Waals surface area (Å²) in [6.45, 7) is 0.745. The first-order chi connectivity index (χ1) is 9.36. The van der Waals surface area contributed by atoms with E-state index in [0.717, 1.165) is 31.9 Å². The van der Waals surface area contributed by atoms with E-state index in [1.807, 2.05) is 4.90 Å². The second kappa shape index (κ2) is 4.58. The number of fused-ring (bicyclic) bond motifs is 2. The number of thiocarbonyl (C=S) groups is 1. The molecule has 1 saturated heterocycles. The van der Waals surface area contributed by atoms with E-state index in [1.54, 1.807) is 0 Å². The number of aromatic nitrogens is 1. The van der Waals surface area contributed by atoms with Gasteiger partial charge in [-0.1, -0.05) is 12.2 Å². The van der Waals surface area contributed by atoms with Crippen molar-refractivity contribution in [3.8, 4) is 0 Å². The third-order valence-corrected chi connectivity index (χ3v) is 4.33. The largest absolute Gasteiger partial charge is 0.433 e. The van der Waals surface area contributed by atoms with Gasteiger partial charge in [-0.25, -0.2) is 4.98 Å². The smallest absolute Gasteiger partial charge is 0.389 e. The van der Waals surface area contributed by atoms with E-state index >= 15 is 0 Å². The highest BCUT2D eigenvalue weighted by molar-refractivity contribution is 7.80. The lowest BCUT2D eigenvalue weighted by molar-refractivity contribution is -0.141. The zero-order chi connectivity index (χ0) is 14.5. The van der Waals surface area contributed by atoms with Gasteiger partial charge >= 0.3 is 6.18 Å². The predicted octanol–water partition coefficient (Wildman–Crippen LogP) is 2.72. The summed E-state index contributed by atoms with van der Waals surface area (Å²) >= 11 is 4.94. The van der Waals surface area contributed by atoms with Crippen molar-refractivity contribution >= 4 is 23.0 Å². The summed E-state index contributed by atoms with van der Waals surface area (Å²) in [6.07, 6.45) is -1.29. The van der Waals surface area contributed by atoms with Crippen LogP contribution in [0.25, 0.3) is 0 Å². The fourth-order valence-electron chi connectivity index (χ4n) is 3.20. The standard InChI is InChI=1S/C13H14F3N3S/c14-13(15,16)10-4-3-9(11(17)20)12(18-10)19-6-7-1-2-8(19)5-7/h3-4,7-8H,1-2,5-6H2,(H2,17,20). The highest BCUT2D eigenvalue weighted by Gasteiger charge is 2.41. The molecule has 3 rings (SSSR count). The number of halogens is 3. The van der Waals surface area contributed by atoms with Crippen molar-refractivity contribution in [1.29, 1.82) is 0 Å². The highest BCUT2D eigenvalue weighted by Crippen LogP contribution is 2.41. The molecule has 0 amide bonds. The van der Waals surface area contributed by atoms with Gasteiger partial charge in [0.15, 0.2) is 0 Å². The maximum Gasteiger partial charge on any atom is 0.433 e. The number of anilines is 1. The molecule has 2 N–H and O–H groups in total. The number of hydrogen-bond donors (Lipinski definition) is 1. The summed E-state index contributed by atoms with van der Waals surface area (Å²) in [6, 6.07) is 2.54. The first kappa shape index (κ1) is 13.6. The topological polar surface area (TPSA) is 42.1 Å². The molecule has 1 aromatic rings. The van der Waals surface area contributed by atoms with Crippen LogP contribution in [0.2, 0.25) is 0 Å². The normalized spacial score (nSPS) is 25.2. The zero-order valence-corrected chi connectivity index (χ0v) is 11.5. The Morgan fingerprint density at radius 3 is 2.60 bits per heavy atom. The van der Waals surface area contributed by atoms with Crippen LogP contribution in [0.5, 0.6) is 0 Å². The average Bonchev–Trinajstić information content (AvgIpc) is 2.99. The van der Waals surface area contributed by atoms with Crippen molar-refractivity contribution in [1.82, 2.24) is 4.98 Å². The Labute approximate surface area is 120 Å². The molecule has 0 spiro atoms. The van der Waals surface area contributed by atoms with Crippen molar-refractivity contribution in [2.45, 2.75) is 31.5 Å². The predicted molar refractivity (Wildman–Crippen MR) is 73.6 cm³/mol. The first-order valence-electron chi connectivity index (χ1n) is 6.51. The van der Waals surface area contributed by atoms with Gasteiger partial charge in [0, 0.05) is 12.6 Å². The quantitative estimate of drug-likeness (QED) is 0.853. The van der Waals surface area contributed by atoms with Gasteiger partial charge in [0.1, 0.15) is 16.5 Å². The van der Waals surface area contributed by atoms with Gasteiger partial charge in [0.25, 0.3) is 0 Å². The van der Waals surface area contributed by atoms with Crippen LogP contribution in [-0.4, -0.2) is 22.6 Å². The SMILES string of the molecule is NC(=S)c1ccc(C(F)(F)F)nc1N1CC2CCC1C2. The number of pyridine rings is 1. The molecule has 2 atom stereocenters. The Morgan fingerprint density at radius 2 is 2.10 bits per heavy atom. The number of alkyl halides is 3. The van der Waals surface area contributed by atoms with E-state index in [0.29, 0.717) is 17.3 Å². The van der Waals surface area contributed by atoms with Gasteiger partial charge in [0.05, 0.1) is 5.56 Å². The molecule has 3 nitrogen and oxygen atoms in total. The summed E-state index contributed by atoms with van der Waals surface area (Å²) in [5.74, 6) is 0.843. The third kappa shape index (κ3) is 2.24. The fourth-order valence-corrected chi connectivity index (χ4v) is 3.36. The molecule has 1 saturated carbocycles. The molecule has 1 aliphatic heterocycles. The number of hydrogen-bond acceptors (Lipinski definition) is 3. The molecule has 1 aliphatic carbocycles. The van der Waals surface area contributed by atoms with Crippen molar-refractivity contribution in [2.24, 2.45) is 11.7 Å². The molecule has 20 heavy (non-hydrogen) atoms. The van der Waals surface area contributed by atoms with Crippen LogP contribution in [0.15, 0.2) is 12.1 Å². The summed E-state index contributed by atoms with van der Waals surface area (Å²) < 4.78 is 38.5. The van der Waals surface area contributed by atoms with E-state index in [2.05, 4.69) is 4.98 Å². The Morgan fingerprint density at radius 1 is 1.35 bits per heavy atom. The number of rotatable bonds is 2. The minimum atomic E-state index is -4.46. The second-order valence-electron chi connectivity index (χ2n) is 5.41. The summed E-state index contributed by atoms with van der Waals surface area (Å²) in [4.78, 5) is 5.83. The minimum Gasteiger partial charge on any atom is -0.389 e. The van der Waals surface area contributed by atoms with Crippen LogP contribution in [0.3, 0.4) is 0 Å². The molecule has 1 aromatic heterocycles. The highest BCUT2D eigenvalue weighted by atomic mass is 32.1. The molecule has 2 bridgehead atoms. The summed E-state index contributed by atoms with van der Waals surface area (Å²) in [7, 11) is 0. The van der Waals surface area contributed by atoms with Crippen molar-refractivity contribution in [3.05, 3.63) is 23.4 Å². The second-order valence-corrected chi connectivity index (χ2v) is 5.85. The van der Waals surface area contributed by atoms with Gasteiger partial charge in [-0.3, -0.25) is 0 Å². The molecular weight excluding hydrogens is 287 g/mol. The molecule has 2 unspecified atom stereocenters. The van der Waals surface area contributed by atoms with Gasteiger partial charge in [0.2, 0.25) is 0 Å². The van der Waals surface area contributed by atoms with E-state index in [-0.39, 0.29) is 11.0 Å². The zero-order valence-electron chi connectivity index (χ0n) is 10.7. The van der Waals surface area contributed by atoms with Crippen molar-refractivity contribution in [2.75, 3.05) is 11.4 Å². The van der Waals surface area contributed by atoms with E-state index in [1.165, 1.54) is 6.07 Å². The van der Waals surface area contributed by atoms with Crippen LogP contribution in [0.4, 0.5) is 19.0 Å². The van der Waals surface area contributed by atoms with E-state index < -0.39 is 11.9 Å². The fraction of sp³-hybridized carbons (Fsp3) is 0.538. The van der Waals surface area contributed by atoms with Crippen LogP contribution < -0.4 is 10.6 Å². The van der Waals surface area contributed by atoms with Crippen LogP contribution >= 0.6 is 12.2 Å². The van der Waals surface area contributed by atoms with Gasteiger partial charge in [-0.2, -0.15) is 13.2 Å². The van der Waals surface area contributed by atoms with E-state index in [4.69, 9.17) is 18.0 Å². The molecule has 0 aromatic carbocycles. The molecule has 0 radical (unpaired) electrons. The lowest BCUT2D eigenvalue weighted by Crippen LogP contribution is -2.35. The molecule has 2 heterocycles. The summed E-state index contributed by atoms with van der Waals surface area (Å²) in [5.41, 5.74) is 5.16. The Hall–Kier alpha value is -1.37. The van der Waals surface area contributed by atoms with Crippen molar-refractivity contribution in [3.63, 3.8) is 0 Å². The third-order valence-electron chi connectivity index (χ3n) is 4.11. The maximum absolute atomic E-state index is 12.8. The number of nitrogens with zero attached hydrogens (tertiary/aromatic N) is 2. The van der Waals surface area contributed by atoms with Crippen molar-refractivity contribution < 1.29 is 13.2 Å². The molecule has 7 heteroatoms. The van der Waals surface area contributed by atoms with Crippen LogP contribution in [0, 0.1) is 5.92 Å². The van der Waals surface area contributed by atoms with Crippen LogP contribution in [0.1, 0.15) is 30.5 Å².